The fraction of sp³-hybridized carbons (Fsp3) is 0.700. The first-order valence-electron chi connectivity index (χ1n) is 4.71. The zero-order chi connectivity index (χ0) is 9.47. The molecule has 2 rings (SSSR count). The van der Waals surface area contributed by atoms with Gasteiger partial charge < -0.3 is 4.74 Å². The number of ether oxygens (including phenoxy) is 1. The Morgan fingerprint density at radius 2 is 2.31 bits per heavy atom. The van der Waals surface area contributed by atoms with Crippen LogP contribution in [0.2, 0.25) is 0 Å². The fourth-order valence-corrected chi connectivity index (χ4v) is 1.55. The lowest BCUT2D eigenvalue weighted by Gasteiger charge is -2.17. The van der Waals surface area contributed by atoms with Gasteiger partial charge in [-0.15, -0.1) is 0 Å². The Balaban J connectivity index is 2.19. The van der Waals surface area contributed by atoms with E-state index in [9.17, 15) is 0 Å². The lowest BCUT2D eigenvalue weighted by atomic mass is 9.88. The van der Waals surface area contributed by atoms with Crippen molar-refractivity contribution in [3.05, 3.63) is 17.5 Å². The minimum absolute atomic E-state index is 0.153. The second kappa shape index (κ2) is 2.84. The maximum absolute atomic E-state index is 5.21. The van der Waals surface area contributed by atoms with Crippen molar-refractivity contribution >= 4 is 0 Å². The molecule has 0 amide bonds. The molecule has 0 aliphatic carbocycles. The molecule has 0 radical (unpaired) electrons. The van der Waals surface area contributed by atoms with E-state index in [0.717, 1.165) is 13.0 Å². The van der Waals surface area contributed by atoms with Crippen molar-refractivity contribution in [2.75, 3.05) is 6.61 Å². The third-order valence-electron chi connectivity index (χ3n) is 2.32. The average Bonchev–Trinajstić information content (AvgIpc) is 2.63. The van der Waals surface area contributed by atoms with Gasteiger partial charge in [0.05, 0.1) is 18.9 Å². The number of aromatic nitrogens is 2. The van der Waals surface area contributed by atoms with Gasteiger partial charge in [0.2, 0.25) is 0 Å². The van der Waals surface area contributed by atoms with Crippen molar-refractivity contribution in [3.8, 4) is 0 Å². The molecule has 1 aliphatic rings. The highest BCUT2D eigenvalue weighted by Crippen LogP contribution is 2.26. The third-order valence-corrected chi connectivity index (χ3v) is 2.32. The van der Waals surface area contributed by atoms with Crippen LogP contribution in [0.25, 0.3) is 0 Å². The van der Waals surface area contributed by atoms with Crippen molar-refractivity contribution < 1.29 is 4.74 Å². The Labute approximate surface area is 78.5 Å². The van der Waals surface area contributed by atoms with Crippen LogP contribution >= 0.6 is 0 Å². The monoisotopic (exact) mass is 180 g/mol. The molecule has 1 fully saturated rings. The molecule has 1 aromatic rings. The van der Waals surface area contributed by atoms with Crippen LogP contribution in [0.1, 0.15) is 32.0 Å². The number of nitrogens with one attached hydrogen (secondary N) is 1. The number of rotatable bonds is 2. The van der Waals surface area contributed by atoms with E-state index in [1.165, 1.54) is 11.3 Å². The number of H-pyrrole nitrogens is 1. The lowest BCUT2D eigenvalue weighted by Crippen LogP contribution is -2.15. The van der Waals surface area contributed by atoms with Gasteiger partial charge in [-0.25, -0.2) is 0 Å². The zero-order valence-electron chi connectivity index (χ0n) is 8.42. The van der Waals surface area contributed by atoms with E-state index in [4.69, 9.17) is 4.74 Å². The summed E-state index contributed by atoms with van der Waals surface area (Å²) in [4.78, 5) is 0. The van der Waals surface area contributed by atoms with Crippen molar-refractivity contribution in [2.24, 2.45) is 0 Å². The van der Waals surface area contributed by atoms with Gasteiger partial charge >= 0.3 is 0 Å². The van der Waals surface area contributed by atoms with E-state index in [0.29, 0.717) is 6.10 Å². The van der Waals surface area contributed by atoms with Gasteiger partial charge in [0, 0.05) is 17.5 Å². The number of hydrogen-bond acceptors (Lipinski definition) is 2. The standard InChI is InChI=1S/C10H16N2O/c1-10(2,3)9-7(5-11-12-9)4-8-6-13-8/h5,8H,4,6H2,1-3H3,(H,11,12). The molecule has 3 nitrogen and oxygen atoms in total. The Kier molecular flexibility index (Phi) is 1.91. The van der Waals surface area contributed by atoms with Crippen LogP contribution in [0, 0.1) is 0 Å². The minimum atomic E-state index is 0.153. The van der Waals surface area contributed by atoms with Gasteiger partial charge in [0.15, 0.2) is 0 Å². The quantitative estimate of drug-likeness (QED) is 0.703. The molecule has 1 unspecified atom stereocenters. The number of epoxide rings is 1. The van der Waals surface area contributed by atoms with E-state index in [1.807, 2.05) is 6.20 Å². The Morgan fingerprint density at radius 3 is 2.85 bits per heavy atom. The molecule has 0 aromatic carbocycles. The van der Waals surface area contributed by atoms with Crippen molar-refractivity contribution in [1.29, 1.82) is 0 Å². The van der Waals surface area contributed by atoms with Crippen molar-refractivity contribution in [2.45, 2.75) is 38.7 Å². The molecule has 1 N–H and O–H groups in total. The molecule has 3 heteroatoms. The summed E-state index contributed by atoms with van der Waals surface area (Å²) in [5, 5.41) is 7.16. The topological polar surface area (TPSA) is 41.2 Å². The van der Waals surface area contributed by atoms with Crippen LogP contribution in [0.15, 0.2) is 6.20 Å². The molecule has 0 saturated carbocycles. The summed E-state index contributed by atoms with van der Waals surface area (Å²) in [6.07, 6.45) is 3.37. The van der Waals surface area contributed by atoms with E-state index in [1.54, 1.807) is 0 Å². The Morgan fingerprint density at radius 1 is 1.62 bits per heavy atom. The van der Waals surface area contributed by atoms with Gasteiger partial charge in [0.25, 0.3) is 0 Å². The SMILES string of the molecule is CC(C)(C)c1[nH]ncc1CC1CO1. The van der Waals surface area contributed by atoms with E-state index in [-0.39, 0.29) is 5.41 Å². The molecule has 0 bridgehead atoms. The molecule has 1 atom stereocenters. The highest BCUT2D eigenvalue weighted by atomic mass is 16.6. The maximum atomic E-state index is 5.21. The predicted octanol–water partition coefficient (Wildman–Crippen LogP) is 1.65. The fourth-order valence-electron chi connectivity index (χ4n) is 1.55. The second-order valence-electron chi connectivity index (χ2n) is 4.68. The molecular weight excluding hydrogens is 164 g/mol. The van der Waals surface area contributed by atoms with Crippen LogP contribution in [-0.2, 0) is 16.6 Å². The van der Waals surface area contributed by atoms with Crippen molar-refractivity contribution in [3.63, 3.8) is 0 Å². The van der Waals surface area contributed by atoms with E-state index < -0.39 is 0 Å². The summed E-state index contributed by atoms with van der Waals surface area (Å²) in [5.74, 6) is 0. The predicted molar refractivity (Wildman–Crippen MR) is 50.7 cm³/mol. The summed E-state index contributed by atoms with van der Waals surface area (Å²) in [5.41, 5.74) is 2.69. The average molecular weight is 180 g/mol. The molecule has 1 aliphatic heterocycles. The van der Waals surface area contributed by atoms with Crippen LogP contribution in [0.5, 0.6) is 0 Å². The first-order chi connectivity index (χ1) is 6.07. The molecule has 2 heterocycles. The second-order valence-corrected chi connectivity index (χ2v) is 4.68. The van der Waals surface area contributed by atoms with Gasteiger partial charge in [-0.3, -0.25) is 5.10 Å². The highest BCUT2D eigenvalue weighted by Gasteiger charge is 2.27. The number of nitrogens with zero attached hydrogens (tertiary/aromatic N) is 1. The first-order valence-corrected chi connectivity index (χ1v) is 4.71. The van der Waals surface area contributed by atoms with Crippen LogP contribution in [0.3, 0.4) is 0 Å². The number of hydrogen-bond donors (Lipinski definition) is 1. The molecule has 1 aromatic heterocycles. The Hall–Kier alpha value is -0.830. The summed E-state index contributed by atoms with van der Waals surface area (Å²) in [6, 6.07) is 0. The zero-order valence-corrected chi connectivity index (χ0v) is 8.42. The lowest BCUT2D eigenvalue weighted by molar-refractivity contribution is 0.406. The molecule has 0 spiro atoms. The third kappa shape index (κ3) is 1.91. The summed E-state index contributed by atoms with van der Waals surface area (Å²) in [6.45, 7) is 7.49. The van der Waals surface area contributed by atoms with Crippen LogP contribution in [-0.4, -0.2) is 22.9 Å². The maximum Gasteiger partial charge on any atom is 0.0851 e. The van der Waals surface area contributed by atoms with Gasteiger partial charge in [-0.05, 0) is 5.56 Å². The van der Waals surface area contributed by atoms with Crippen LogP contribution in [0.4, 0.5) is 0 Å². The molecule has 13 heavy (non-hydrogen) atoms. The summed E-state index contributed by atoms with van der Waals surface area (Å²) < 4.78 is 5.21. The molecular formula is C10H16N2O. The largest absolute Gasteiger partial charge is 0.373 e. The summed E-state index contributed by atoms with van der Waals surface area (Å²) >= 11 is 0. The Bertz CT molecular complexity index is 294. The van der Waals surface area contributed by atoms with Gasteiger partial charge in [-0.2, -0.15) is 5.10 Å². The normalized spacial score (nSPS) is 21.9. The molecule has 1 saturated heterocycles. The van der Waals surface area contributed by atoms with E-state index in [2.05, 4.69) is 31.0 Å². The highest BCUT2D eigenvalue weighted by molar-refractivity contribution is 5.24. The van der Waals surface area contributed by atoms with Gasteiger partial charge in [0.1, 0.15) is 0 Å². The van der Waals surface area contributed by atoms with Crippen LogP contribution < -0.4 is 0 Å². The number of aromatic amines is 1. The van der Waals surface area contributed by atoms with E-state index >= 15 is 0 Å². The van der Waals surface area contributed by atoms with Crippen molar-refractivity contribution in [1.82, 2.24) is 10.2 Å². The van der Waals surface area contributed by atoms with Gasteiger partial charge in [-0.1, -0.05) is 20.8 Å². The first kappa shape index (κ1) is 8.75. The minimum Gasteiger partial charge on any atom is -0.373 e. The summed E-state index contributed by atoms with van der Waals surface area (Å²) in [7, 11) is 0. The molecule has 72 valence electrons. The smallest absolute Gasteiger partial charge is 0.0851 e.